The fraction of sp³-hybridized carbons (Fsp3) is 0.368. The van der Waals surface area contributed by atoms with Gasteiger partial charge in [0.25, 0.3) is 0 Å². The average molecular weight is 444 g/mol. The van der Waals surface area contributed by atoms with Crippen molar-refractivity contribution in [2.24, 2.45) is 0 Å². The Morgan fingerprint density at radius 3 is 2.56 bits per heavy atom. The molecule has 0 saturated heterocycles. The maximum atomic E-state index is 13.0. The number of para-hydroxylation sites is 1. The van der Waals surface area contributed by atoms with Crippen LogP contribution in [0.25, 0.3) is 10.2 Å². The Bertz CT molecular complexity index is 907. The van der Waals surface area contributed by atoms with Gasteiger partial charge in [0.15, 0.2) is 5.13 Å². The van der Waals surface area contributed by atoms with E-state index in [4.69, 9.17) is 16.6 Å². The second-order valence-electron chi connectivity index (χ2n) is 6.35. The molecule has 0 bridgehead atoms. The molecule has 0 spiro atoms. The van der Waals surface area contributed by atoms with Gasteiger partial charge < -0.3 is 4.90 Å². The monoisotopic (exact) mass is 443 g/mol. The van der Waals surface area contributed by atoms with E-state index in [2.05, 4.69) is 30.0 Å². The predicted octanol–water partition coefficient (Wildman–Crippen LogP) is 5.13. The van der Waals surface area contributed by atoms with Crippen LogP contribution < -0.4 is 4.90 Å². The number of fused-ring (bicyclic) bond motifs is 1. The smallest absolute Gasteiger partial charge is 0.234 e. The summed E-state index contributed by atoms with van der Waals surface area (Å²) in [5.41, 5.74) is 2.23. The molecule has 146 valence electrons. The first-order valence-electron chi connectivity index (χ1n) is 8.55. The molecule has 2 heterocycles. The Kier molecular flexibility index (Phi) is 8.06. The minimum absolute atomic E-state index is 0. The van der Waals surface area contributed by atoms with E-state index in [1.165, 1.54) is 16.9 Å². The number of hydrogen-bond donors (Lipinski definition) is 0. The summed E-state index contributed by atoms with van der Waals surface area (Å²) >= 11 is 9.04. The van der Waals surface area contributed by atoms with E-state index in [0.717, 1.165) is 33.2 Å². The molecule has 0 atom stereocenters. The number of halogens is 2. The number of aryl methyl sites for hydroxylation is 1. The van der Waals surface area contributed by atoms with Gasteiger partial charge in [0.05, 0.1) is 21.0 Å². The molecular weight excluding hydrogens is 421 g/mol. The van der Waals surface area contributed by atoms with Crippen molar-refractivity contribution in [2.75, 3.05) is 32.1 Å². The number of likely N-dealkylation sites (N-methyl/N-ethyl adjacent to an activating group) is 1. The Morgan fingerprint density at radius 1 is 1.15 bits per heavy atom. The molecule has 8 heteroatoms. The highest BCUT2D eigenvalue weighted by molar-refractivity contribution is 7.22. The van der Waals surface area contributed by atoms with Crippen LogP contribution in [0.2, 0.25) is 4.34 Å². The van der Waals surface area contributed by atoms with Crippen molar-refractivity contribution in [1.82, 2.24) is 9.88 Å². The molecule has 0 radical (unpaired) electrons. The third-order valence-corrected chi connectivity index (χ3v) is 6.40. The number of benzene rings is 1. The first-order chi connectivity index (χ1) is 12.5. The van der Waals surface area contributed by atoms with E-state index < -0.39 is 0 Å². The quantitative estimate of drug-likeness (QED) is 0.507. The molecule has 0 saturated carbocycles. The number of amides is 1. The van der Waals surface area contributed by atoms with Crippen molar-refractivity contribution in [3.63, 3.8) is 0 Å². The molecule has 0 fully saturated rings. The topological polar surface area (TPSA) is 36.4 Å². The molecule has 27 heavy (non-hydrogen) atoms. The van der Waals surface area contributed by atoms with Crippen LogP contribution >= 0.6 is 46.7 Å². The molecule has 0 aliphatic rings. The minimum atomic E-state index is 0. The molecule has 0 N–H and O–H groups in total. The maximum Gasteiger partial charge on any atom is 0.234 e. The average Bonchev–Trinajstić information content (AvgIpc) is 3.20. The Balaban J connectivity index is 0.00000261. The second-order valence-corrected chi connectivity index (χ2v) is 9.15. The number of anilines is 1. The molecule has 0 aliphatic carbocycles. The summed E-state index contributed by atoms with van der Waals surface area (Å²) in [5.74, 6) is 0.0578. The number of rotatable bonds is 7. The summed E-state index contributed by atoms with van der Waals surface area (Å²) < 4.78 is 1.83. The summed E-state index contributed by atoms with van der Waals surface area (Å²) in [4.78, 5) is 22.7. The Hall–Kier alpha value is -1.18. The Labute approximate surface area is 179 Å². The van der Waals surface area contributed by atoms with Crippen molar-refractivity contribution in [2.45, 2.75) is 19.8 Å². The van der Waals surface area contributed by atoms with Crippen molar-refractivity contribution in [3.8, 4) is 0 Å². The SMILES string of the molecule is CCc1cccc2sc(N(CCN(C)C)C(=O)Cc3ccc(Cl)s3)nc12.Cl. The van der Waals surface area contributed by atoms with Crippen molar-refractivity contribution >= 4 is 67.9 Å². The van der Waals surface area contributed by atoms with Crippen LogP contribution in [0.4, 0.5) is 5.13 Å². The summed E-state index contributed by atoms with van der Waals surface area (Å²) in [5, 5.41) is 0.774. The van der Waals surface area contributed by atoms with Crippen LogP contribution in [0.15, 0.2) is 30.3 Å². The molecule has 0 aliphatic heterocycles. The normalized spacial score (nSPS) is 11.0. The van der Waals surface area contributed by atoms with E-state index in [-0.39, 0.29) is 18.3 Å². The molecule has 0 unspecified atom stereocenters. The lowest BCUT2D eigenvalue weighted by atomic mass is 10.1. The highest BCUT2D eigenvalue weighted by Crippen LogP contribution is 2.32. The number of thiazole rings is 1. The van der Waals surface area contributed by atoms with E-state index in [1.54, 1.807) is 11.3 Å². The van der Waals surface area contributed by atoms with Gasteiger partial charge in [0.1, 0.15) is 0 Å². The van der Waals surface area contributed by atoms with Crippen LogP contribution in [0, 0.1) is 0 Å². The fourth-order valence-electron chi connectivity index (χ4n) is 2.71. The van der Waals surface area contributed by atoms with Gasteiger partial charge >= 0.3 is 0 Å². The molecule has 1 aromatic carbocycles. The number of thiophene rings is 1. The largest absolute Gasteiger partial charge is 0.308 e. The molecular formula is C19H23Cl2N3OS2. The first-order valence-corrected chi connectivity index (χ1v) is 10.6. The van der Waals surface area contributed by atoms with Gasteiger partial charge in [-0.25, -0.2) is 4.98 Å². The third-order valence-electron chi connectivity index (χ3n) is 4.13. The van der Waals surface area contributed by atoms with Crippen LogP contribution in [0.3, 0.4) is 0 Å². The molecule has 2 aromatic heterocycles. The van der Waals surface area contributed by atoms with Crippen LogP contribution in [-0.4, -0.2) is 43.0 Å². The number of hydrogen-bond acceptors (Lipinski definition) is 5. The van der Waals surface area contributed by atoms with E-state index >= 15 is 0 Å². The standard InChI is InChI=1S/C19H22ClN3OS2.ClH/c1-4-13-6-5-7-15-18(13)21-19(26-15)23(11-10-22(2)3)17(24)12-14-8-9-16(20)25-14;/h5-9H,4,10-12H2,1-3H3;1H. The van der Waals surface area contributed by atoms with Crippen molar-refractivity contribution in [1.29, 1.82) is 0 Å². The van der Waals surface area contributed by atoms with Gasteiger partial charge in [0.2, 0.25) is 5.91 Å². The highest BCUT2D eigenvalue weighted by Gasteiger charge is 2.21. The minimum Gasteiger partial charge on any atom is -0.308 e. The number of aromatic nitrogens is 1. The van der Waals surface area contributed by atoms with Crippen LogP contribution in [-0.2, 0) is 17.6 Å². The van der Waals surface area contributed by atoms with Crippen molar-refractivity contribution in [3.05, 3.63) is 45.1 Å². The molecule has 4 nitrogen and oxygen atoms in total. The summed E-state index contributed by atoms with van der Waals surface area (Å²) in [6.07, 6.45) is 1.28. The zero-order valence-corrected chi connectivity index (χ0v) is 18.8. The summed E-state index contributed by atoms with van der Waals surface area (Å²) in [6.45, 7) is 3.53. The maximum absolute atomic E-state index is 13.0. The summed E-state index contributed by atoms with van der Waals surface area (Å²) in [6, 6.07) is 9.99. The zero-order valence-electron chi connectivity index (χ0n) is 15.6. The van der Waals surface area contributed by atoms with Gasteiger partial charge in [-0.3, -0.25) is 9.69 Å². The van der Waals surface area contributed by atoms with Gasteiger partial charge in [-0.1, -0.05) is 42.0 Å². The van der Waals surface area contributed by atoms with Crippen molar-refractivity contribution < 1.29 is 4.79 Å². The zero-order chi connectivity index (χ0) is 18.7. The number of nitrogens with zero attached hydrogens (tertiary/aromatic N) is 3. The van der Waals surface area contributed by atoms with Gasteiger partial charge in [0, 0.05) is 18.0 Å². The lowest BCUT2D eigenvalue weighted by Crippen LogP contribution is -2.37. The van der Waals surface area contributed by atoms with E-state index in [0.29, 0.717) is 17.3 Å². The predicted molar refractivity (Wildman–Crippen MR) is 120 cm³/mol. The lowest BCUT2D eigenvalue weighted by molar-refractivity contribution is -0.118. The third kappa shape index (κ3) is 5.42. The lowest BCUT2D eigenvalue weighted by Gasteiger charge is -2.21. The van der Waals surface area contributed by atoms with Gasteiger partial charge in [-0.2, -0.15) is 0 Å². The fourth-order valence-corrected chi connectivity index (χ4v) is 4.85. The summed E-state index contributed by atoms with van der Waals surface area (Å²) in [7, 11) is 4.02. The number of carbonyl (C=O) groups excluding carboxylic acids is 1. The van der Waals surface area contributed by atoms with E-state index in [1.807, 2.05) is 31.1 Å². The Morgan fingerprint density at radius 2 is 1.93 bits per heavy atom. The first kappa shape index (κ1) is 22.1. The second kappa shape index (κ2) is 9.85. The molecule has 3 rings (SSSR count). The van der Waals surface area contributed by atoms with Crippen LogP contribution in [0.5, 0.6) is 0 Å². The van der Waals surface area contributed by atoms with Gasteiger partial charge in [-0.15, -0.1) is 23.7 Å². The van der Waals surface area contributed by atoms with Gasteiger partial charge in [-0.05, 0) is 44.3 Å². The number of carbonyl (C=O) groups is 1. The molecule has 3 aromatic rings. The van der Waals surface area contributed by atoms with E-state index in [9.17, 15) is 4.79 Å². The molecule has 1 amide bonds. The highest BCUT2D eigenvalue weighted by atomic mass is 35.5. The van der Waals surface area contributed by atoms with Crippen LogP contribution in [0.1, 0.15) is 17.4 Å².